The fraction of sp³-hybridized carbons (Fsp3) is 0.400. The molecular formula is C5H7N3O2. The third kappa shape index (κ3) is 1.45. The number of amides is 2. The number of carbonyl (C=O) groups excluding carboxylic acids is 2. The summed E-state index contributed by atoms with van der Waals surface area (Å²) < 4.78 is 0. The van der Waals surface area contributed by atoms with Gasteiger partial charge in [0.05, 0.1) is 0 Å². The highest BCUT2D eigenvalue weighted by molar-refractivity contribution is 5.89. The van der Waals surface area contributed by atoms with Crippen molar-refractivity contribution < 1.29 is 9.59 Å². The maximum Gasteiger partial charge on any atom is 0.257 e. The maximum atomic E-state index is 10.4. The quantitative estimate of drug-likeness (QED) is 0.468. The Balaban J connectivity index is 4.42. The lowest BCUT2D eigenvalue weighted by Crippen LogP contribution is -2.51. The van der Waals surface area contributed by atoms with Crippen molar-refractivity contribution >= 4 is 12.3 Å². The third-order valence-electron chi connectivity index (χ3n) is 1.06. The van der Waals surface area contributed by atoms with Crippen LogP contribution in [0, 0.1) is 11.3 Å². The number of nitrogens with two attached hydrogens (primary N) is 1. The first-order valence-electron chi connectivity index (χ1n) is 2.49. The number of nitrogens with zero attached hydrogens (tertiary/aromatic N) is 1. The predicted octanol–water partition coefficient (Wildman–Crippen LogP) is -1.50. The van der Waals surface area contributed by atoms with E-state index in [1.54, 1.807) is 6.07 Å². The summed E-state index contributed by atoms with van der Waals surface area (Å²) in [6.45, 7) is 1.23. The first kappa shape index (κ1) is 8.43. The van der Waals surface area contributed by atoms with Crippen molar-refractivity contribution in [1.29, 1.82) is 5.26 Å². The van der Waals surface area contributed by atoms with Crippen LogP contribution in [0.15, 0.2) is 0 Å². The van der Waals surface area contributed by atoms with Gasteiger partial charge < -0.3 is 11.1 Å². The Bertz CT molecular complexity index is 196. The minimum absolute atomic E-state index is 0.258. The van der Waals surface area contributed by atoms with E-state index < -0.39 is 11.4 Å². The van der Waals surface area contributed by atoms with Gasteiger partial charge in [0.25, 0.3) is 5.91 Å². The second kappa shape index (κ2) is 2.82. The smallest absolute Gasteiger partial charge is 0.257 e. The van der Waals surface area contributed by atoms with Gasteiger partial charge in [-0.2, -0.15) is 5.26 Å². The second-order valence-electron chi connectivity index (χ2n) is 1.86. The SMILES string of the molecule is CC(C#N)(NC=O)C(N)=O. The van der Waals surface area contributed by atoms with Crippen LogP contribution in [0.2, 0.25) is 0 Å². The molecule has 0 aliphatic carbocycles. The van der Waals surface area contributed by atoms with Gasteiger partial charge in [-0.1, -0.05) is 0 Å². The van der Waals surface area contributed by atoms with E-state index in [0.717, 1.165) is 0 Å². The topological polar surface area (TPSA) is 96.0 Å². The normalized spacial score (nSPS) is 14.4. The van der Waals surface area contributed by atoms with Crippen LogP contribution >= 0.6 is 0 Å². The van der Waals surface area contributed by atoms with Gasteiger partial charge in [0.2, 0.25) is 11.9 Å². The van der Waals surface area contributed by atoms with Crippen molar-refractivity contribution in [1.82, 2.24) is 5.32 Å². The zero-order chi connectivity index (χ0) is 8.20. The molecule has 0 aliphatic heterocycles. The number of carbonyl (C=O) groups is 2. The van der Waals surface area contributed by atoms with Gasteiger partial charge in [0.1, 0.15) is 6.07 Å². The Kier molecular flexibility index (Phi) is 2.38. The van der Waals surface area contributed by atoms with Crippen LogP contribution in [0.25, 0.3) is 0 Å². The Hall–Kier alpha value is -1.57. The molecule has 0 saturated heterocycles. The van der Waals surface area contributed by atoms with Crippen molar-refractivity contribution in [3.63, 3.8) is 0 Å². The molecule has 54 valence electrons. The molecule has 0 bridgehead atoms. The molecule has 5 nitrogen and oxygen atoms in total. The van der Waals surface area contributed by atoms with Crippen molar-refractivity contribution in [2.45, 2.75) is 12.5 Å². The first-order chi connectivity index (χ1) is 4.56. The minimum atomic E-state index is -1.58. The predicted molar refractivity (Wildman–Crippen MR) is 32.4 cm³/mol. The summed E-state index contributed by atoms with van der Waals surface area (Å²) in [4.78, 5) is 20.2. The fourth-order valence-electron chi connectivity index (χ4n) is 0.276. The Labute approximate surface area is 57.8 Å². The lowest BCUT2D eigenvalue weighted by molar-refractivity contribution is -0.124. The summed E-state index contributed by atoms with van der Waals surface area (Å²) in [6.07, 6.45) is 0.258. The van der Waals surface area contributed by atoms with E-state index in [9.17, 15) is 9.59 Å². The molecule has 2 amide bonds. The average Bonchev–Trinajstić information content (AvgIpc) is 1.88. The van der Waals surface area contributed by atoms with Crippen LogP contribution in [-0.4, -0.2) is 17.9 Å². The molecule has 1 atom stereocenters. The van der Waals surface area contributed by atoms with Crippen molar-refractivity contribution in [2.75, 3.05) is 0 Å². The molecule has 0 heterocycles. The van der Waals surface area contributed by atoms with E-state index in [1.807, 2.05) is 5.32 Å². The Morgan fingerprint density at radius 1 is 1.90 bits per heavy atom. The number of nitriles is 1. The van der Waals surface area contributed by atoms with E-state index >= 15 is 0 Å². The van der Waals surface area contributed by atoms with Gasteiger partial charge in [-0.25, -0.2) is 0 Å². The monoisotopic (exact) mass is 141 g/mol. The highest BCUT2D eigenvalue weighted by Crippen LogP contribution is 1.97. The molecule has 10 heavy (non-hydrogen) atoms. The van der Waals surface area contributed by atoms with E-state index in [4.69, 9.17) is 11.0 Å². The van der Waals surface area contributed by atoms with Crippen LogP contribution < -0.4 is 11.1 Å². The molecule has 0 aromatic rings. The molecule has 0 fully saturated rings. The van der Waals surface area contributed by atoms with Gasteiger partial charge in [0.15, 0.2) is 0 Å². The molecule has 0 aromatic carbocycles. The standard InChI is InChI=1S/C5H7N3O2/c1-5(2-6,4(7)10)8-3-9/h3H,1H3,(H2,7,10)(H,8,9). The summed E-state index contributed by atoms with van der Waals surface area (Å²) in [6, 6.07) is 1.56. The van der Waals surface area contributed by atoms with E-state index in [0.29, 0.717) is 0 Å². The second-order valence-corrected chi connectivity index (χ2v) is 1.86. The van der Waals surface area contributed by atoms with Crippen LogP contribution in [0.3, 0.4) is 0 Å². The number of hydrogen-bond acceptors (Lipinski definition) is 3. The summed E-state index contributed by atoms with van der Waals surface area (Å²) in [5.41, 5.74) is 3.20. The zero-order valence-electron chi connectivity index (χ0n) is 5.42. The fourth-order valence-corrected chi connectivity index (χ4v) is 0.276. The molecule has 0 spiro atoms. The molecule has 0 rings (SSSR count). The number of primary amides is 1. The van der Waals surface area contributed by atoms with Crippen molar-refractivity contribution in [3.8, 4) is 6.07 Å². The van der Waals surface area contributed by atoms with Crippen LogP contribution in [-0.2, 0) is 9.59 Å². The average molecular weight is 141 g/mol. The van der Waals surface area contributed by atoms with E-state index in [1.165, 1.54) is 6.92 Å². The highest BCUT2D eigenvalue weighted by atomic mass is 16.2. The number of hydrogen-bond donors (Lipinski definition) is 2. The Morgan fingerprint density at radius 2 is 2.40 bits per heavy atom. The highest BCUT2D eigenvalue weighted by Gasteiger charge is 2.29. The van der Waals surface area contributed by atoms with E-state index in [2.05, 4.69) is 0 Å². The first-order valence-corrected chi connectivity index (χ1v) is 2.49. The molecule has 3 N–H and O–H groups in total. The van der Waals surface area contributed by atoms with Gasteiger partial charge in [0, 0.05) is 0 Å². The zero-order valence-corrected chi connectivity index (χ0v) is 5.42. The lowest BCUT2D eigenvalue weighted by Gasteiger charge is -2.14. The minimum Gasteiger partial charge on any atom is -0.367 e. The molecule has 0 aromatic heterocycles. The van der Waals surface area contributed by atoms with Crippen LogP contribution in [0.5, 0.6) is 0 Å². The number of rotatable bonds is 3. The van der Waals surface area contributed by atoms with Crippen LogP contribution in [0.4, 0.5) is 0 Å². The summed E-state index contributed by atoms with van der Waals surface area (Å²) >= 11 is 0. The van der Waals surface area contributed by atoms with Crippen LogP contribution in [0.1, 0.15) is 6.92 Å². The molecule has 0 saturated carbocycles. The summed E-state index contributed by atoms with van der Waals surface area (Å²) in [5.74, 6) is -0.873. The Morgan fingerprint density at radius 3 is 2.50 bits per heavy atom. The largest absolute Gasteiger partial charge is 0.367 e. The lowest BCUT2D eigenvalue weighted by atomic mass is 10.1. The summed E-state index contributed by atoms with van der Waals surface area (Å²) in [5, 5.41) is 10.3. The molecule has 0 aliphatic rings. The third-order valence-corrected chi connectivity index (χ3v) is 1.06. The molecular weight excluding hydrogens is 134 g/mol. The van der Waals surface area contributed by atoms with Gasteiger partial charge in [-0.15, -0.1) is 0 Å². The van der Waals surface area contributed by atoms with Gasteiger partial charge in [-0.05, 0) is 6.92 Å². The molecule has 5 heteroatoms. The van der Waals surface area contributed by atoms with Crippen molar-refractivity contribution in [3.05, 3.63) is 0 Å². The number of nitrogens with one attached hydrogen (secondary N) is 1. The van der Waals surface area contributed by atoms with Crippen molar-refractivity contribution in [2.24, 2.45) is 5.73 Å². The van der Waals surface area contributed by atoms with Gasteiger partial charge in [-0.3, -0.25) is 9.59 Å². The maximum absolute atomic E-state index is 10.4. The van der Waals surface area contributed by atoms with E-state index in [-0.39, 0.29) is 6.41 Å². The van der Waals surface area contributed by atoms with Gasteiger partial charge >= 0.3 is 0 Å². The summed E-state index contributed by atoms with van der Waals surface area (Å²) in [7, 11) is 0. The molecule has 0 radical (unpaired) electrons. The molecule has 1 unspecified atom stereocenters.